The Morgan fingerprint density at radius 1 is 1.37 bits per heavy atom. The monoisotopic (exact) mass is 340 g/mol. The highest BCUT2D eigenvalue weighted by Crippen LogP contribution is 2.24. The van der Waals surface area contributed by atoms with E-state index < -0.39 is 0 Å². The van der Waals surface area contributed by atoms with Crippen LogP contribution in [0.5, 0.6) is 5.75 Å². The van der Waals surface area contributed by atoms with Crippen LogP contribution in [0.15, 0.2) is 41.0 Å². The largest absolute Gasteiger partial charge is 0.496 e. The fraction of sp³-hybridized carbons (Fsp3) is 0.0769. The van der Waals surface area contributed by atoms with Crippen molar-refractivity contribution in [3.63, 3.8) is 0 Å². The summed E-state index contributed by atoms with van der Waals surface area (Å²) >= 11 is 9.15. The number of anilines is 1. The van der Waals surface area contributed by atoms with Crippen molar-refractivity contribution in [2.45, 2.75) is 0 Å². The van der Waals surface area contributed by atoms with Crippen molar-refractivity contribution in [1.29, 1.82) is 0 Å². The number of nitrogens with one attached hydrogen (secondary N) is 1. The van der Waals surface area contributed by atoms with Crippen molar-refractivity contribution >= 4 is 39.3 Å². The molecule has 2 aromatic rings. The third-order valence-corrected chi connectivity index (χ3v) is 3.10. The van der Waals surface area contributed by atoms with Crippen molar-refractivity contribution in [3.8, 4) is 5.75 Å². The molecule has 6 heteroatoms. The lowest BCUT2D eigenvalue weighted by atomic mass is 10.2. The van der Waals surface area contributed by atoms with Gasteiger partial charge >= 0.3 is 0 Å². The van der Waals surface area contributed by atoms with Crippen LogP contribution in [0.4, 0.5) is 5.82 Å². The number of nitrogens with zero attached hydrogens (tertiary/aromatic N) is 1. The Morgan fingerprint density at radius 2 is 2.16 bits per heavy atom. The minimum atomic E-state index is -0.312. The van der Waals surface area contributed by atoms with Crippen LogP contribution >= 0.6 is 27.5 Å². The summed E-state index contributed by atoms with van der Waals surface area (Å²) in [6, 6.07) is 8.40. The lowest BCUT2D eigenvalue weighted by Crippen LogP contribution is -2.14. The summed E-state index contributed by atoms with van der Waals surface area (Å²) in [5.41, 5.74) is 0.415. The first-order chi connectivity index (χ1) is 9.10. The van der Waals surface area contributed by atoms with E-state index in [1.807, 2.05) is 0 Å². The maximum absolute atomic E-state index is 12.2. The molecule has 1 aromatic carbocycles. The third kappa shape index (κ3) is 3.45. The van der Waals surface area contributed by atoms with Gasteiger partial charge in [0.1, 0.15) is 11.6 Å². The molecule has 0 aliphatic rings. The Labute approximate surface area is 123 Å². The molecular formula is C13H10BrClN2O2. The molecule has 19 heavy (non-hydrogen) atoms. The van der Waals surface area contributed by atoms with Crippen LogP contribution in [0, 0.1) is 0 Å². The zero-order valence-electron chi connectivity index (χ0n) is 9.98. The summed E-state index contributed by atoms with van der Waals surface area (Å²) in [6.07, 6.45) is 1.52. The van der Waals surface area contributed by atoms with Gasteiger partial charge in [0.15, 0.2) is 0 Å². The van der Waals surface area contributed by atoms with E-state index in [1.165, 1.54) is 13.3 Å². The Kier molecular flexibility index (Phi) is 4.39. The molecule has 0 aliphatic carbocycles. The zero-order valence-corrected chi connectivity index (χ0v) is 12.3. The SMILES string of the molecule is COc1ccc(Br)cc1C(=O)Nc1cc(Cl)ccn1. The Morgan fingerprint density at radius 3 is 2.84 bits per heavy atom. The van der Waals surface area contributed by atoms with E-state index in [-0.39, 0.29) is 5.91 Å². The predicted molar refractivity (Wildman–Crippen MR) is 77.9 cm³/mol. The number of carbonyl (C=O) groups excluding carboxylic acids is 1. The van der Waals surface area contributed by atoms with Crippen LogP contribution in [-0.2, 0) is 0 Å². The van der Waals surface area contributed by atoms with Crippen LogP contribution < -0.4 is 10.1 Å². The molecule has 1 heterocycles. The Balaban J connectivity index is 2.27. The highest BCUT2D eigenvalue weighted by atomic mass is 79.9. The average molecular weight is 342 g/mol. The fourth-order valence-electron chi connectivity index (χ4n) is 1.51. The van der Waals surface area contributed by atoms with Gasteiger partial charge in [0.05, 0.1) is 12.7 Å². The molecule has 0 saturated heterocycles. The Bertz CT molecular complexity index is 619. The number of pyridine rings is 1. The molecule has 0 atom stereocenters. The van der Waals surface area contributed by atoms with Gasteiger partial charge in [-0.25, -0.2) is 4.98 Å². The molecular weight excluding hydrogens is 332 g/mol. The van der Waals surface area contributed by atoms with Gasteiger partial charge in [-0.2, -0.15) is 0 Å². The van der Waals surface area contributed by atoms with E-state index in [9.17, 15) is 4.79 Å². The smallest absolute Gasteiger partial charge is 0.260 e. The summed E-state index contributed by atoms with van der Waals surface area (Å²) in [7, 11) is 1.51. The topological polar surface area (TPSA) is 51.2 Å². The number of hydrogen-bond acceptors (Lipinski definition) is 3. The number of amides is 1. The summed E-state index contributed by atoms with van der Waals surface area (Å²) in [4.78, 5) is 16.2. The first-order valence-electron chi connectivity index (χ1n) is 5.36. The highest BCUT2D eigenvalue weighted by molar-refractivity contribution is 9.10. The second kappa shape index (κ2) is 6.04. The molecule has 98 valence electrons. The van der Waals surface area contributed by atoms with Gasteiger partial charge in [0, 0.05) is 15.7 Å². The van der Waals surface area contributed by atoms with Crippen LogP contribution in [-0.4, -0.2) is 18.0 Å². The van der Waals surface area contributed by atoms with Gasteiger partial charge in [-0.3, -0.25) is 4.79 Å². The molecule has 1 N–H and O–H groups in total. The Hall–Kier alpha value is -1.59. The summed E-state index contributed by atoms with van der Waals surface area (Å²) in [6.45, 7) is 0. The van der Waals surface area contributed by atoms with Crippen molar-refractivity contribution in [2.75, 3.05) is 12.4 Å². The van der Waals surface area contributed by atoms with Crippen LogP contribution in [0.1, 0.15) is 10.4 Å². The van der Waals surface area contributed by atoms with E-state index in [1.54, 1.807) is 30.3 Å². The maximum atomic E-state index is 12.2. The molecule has 1 aromatic heterocycles. The molecule has 0 bridgehead atoms. The van der Waals surface area contributed by atoms with E-state index in [2.05, 4.69) is 26.2 Å². The number of methoxy groups -OCH3 is 1. The minimum Gasteiger partial charge on any atom is -0.496 e. The zero-order chi connectivity index (χ0) is 13.8. The molecule has 0 saturated carbocycles. The van der Waals surface area contributed by atoms with Crippen molar-refractivity contribution in [3.05, 3.63) is 51.6 Å². The lowest BCUT2D eigenvalue weighted by Gasteiger charge is -2.09. The third-order valence-electron chi connectivity index (χ3n) is 2.37. The van der Waals surface area contributed by atoms with E-state index >= 15 is 0 Å². The standard InChI is InChI=1S/C13H10BrClN2O2/c1-19-11-3-2-8(14)6-10(11)13(18)17-12-7-9(15)4-5-16-12/h2-7H,1H3,(H,16,17,18). The quantitative estimate of drug-likeness (QED) is 0.925. The van der Waals surface area contributed by atoms with Crippen LogP contribution in [0.2, 0.25) is 5.02 Å². The summed E-state index contributed by atoms with van der Waals surface area (Å²) in [5, 5.41) is 3.17. The number of ether oxygens (including phenoxy) is 1. The number of halogens is 2. The predicted octanol–water partition coefficient (Wildman–Crippen LogP) is 3.76. The van der Waals surface area contributed by atoms with Gasteiger partial charge in [-0.05, 0) is 30.3 Å². The van der Waals surface area contributed by atoms with Crippen molar-refractivity contribution < 1.29 is 9.53 Å². The van der Waals surface area contributed by atoms with E-state index in [0.29, 0.717) is 22.2 Å². The molecule has 0 aliphatic heterocycles. The molecule has 0 fully saturated rings. The minimum absolute atomic E-state index is 0.312. The second-order valence-corrected chi connectivity index (χ2v) is 5.01. The molecule has 0 spiro atoms. The summed E-state index contributed by atoms with van der Waals surface area (Å²) in [5.74, 6) is 0.565. The van der Waals surface area contributed by atoms with Crippen LogP contribution in [0.3, 0.4) is 0 Å². The van der Waals surface area contributed by atoms with Gasteiger partial charge in [0.25, 0.3) is 5.91 Å². The van der Waals surface area contributed by atoms with Crippen LogP contribution in [0.25, 0.3) is 0 Å². The number of aromatic nitrogens is 1. The molecule has 1 amide bonds. The first-order valence-corrected chi connectivity index (χ1v) is 6.53. The lowest BCUT2D eigenvalue weighted by molar-refractivity contribution is 0.102. The van der Waals surface area contributed by atoms with Gasteiger partial charge in [0.2, 0.25) is 0 Å². The van der Waals surface area contributed by atoms with E-state index in [0.717, 1.165) is 4.47 Å². The van der Waals surface area contributed by atoms with Crippen molar-refractivity contribution in [2.24, 2.45) is 0 Å². The number of hydrogen-bond donors (Lipinski definition) is 1. The number of benzene rings is 1. The molecule has 4 nitrogen and oxygen atoms in total. The summed E-state index contributed by atoms with van der Waals surface area (Å²) < 4.78 is 5.94. The molecule has 0 unspecified atom stereocenters. The molecule has 2 rings (SSSR count). The second-order valence-electron chi connectivity index (χ2n) is 3.66. The molecule has 0 radical (unpaired) electrons. The van der Waals surface area contributed by atoms with Crippen molar-refractivity contribution in [1.82, 2.24) is 4.98 Å². The van der Waals surface area contributed by atoms with E-state index in [4.69, 9.17) is 16.3 Å². The van der Waals surface area contributed by atoms with Gasteiger partial charge in [-0.1, -0.05) is 27.5 Å². The number of rotatable bonds is 3. The maximum Gasteiger partial charge on any atom is 0.260 e. The average Bonchev–Trinajstić information content (AvgIpc) is 2.38. The van der Waals surface area contributed by atoms with Gasteiger partial charge < -0.3 is 10.1 Å². The normalized spacial score (nSPS) is 10.1. The first kappa shape index (κ1) is 13.8. The highest BCUT2D eigenvalue weighted by Gasteiger charge is 2.13. The van der Waals surface area contributed by atoms with Gasteiger partial charge in [-0.15, -0.1) is 0 Å². The number of carbonyl (C=O) groups is 1. The fourth-order valence-corrected chi connectivity index (χ4v) is 2.04.